The van der Waals surface area contributed by atoms with Crippen molar-refractivity contribution in [2.75, 3.05) is 5.32 Å². The van der Waals surface area contributed by atoms with Crippen molar-refractivity contribution < 1.29 is 9.21 Å². The fraction of sp³-hybridized carbons (Fsp3) is 0.130. The van der Waals surface area contributed by atoms with E-state index in [0.29, 0.717) is 29.1 Å². The molecule has 0 spiro atoms. The summed E-state index contributed by atoms with van der Waals surface area (Å²) in [7, 11) is 0. The van der Waals surface area contributed by atoms with Crippen molar-refractivity contribution in [3.05, 3.63) is 94.9 Å². The van der Waals surface area contributed by atoms with E-state index in [9.17, 15) is 4.79 Å². The summed E-state index contributed by atoms with van der Waals surface area (Å²) in [6, 6.07) is 21.5. The SMILES string of the molecule is Cc1ccc(C)c(C(=O)Nc2ccc3oc(Cc4ccccc4)nc3c2)c1. The number of carbonyl (C=O) groups excluding carboxylic acids is 1. The summed E-state index contributed by atoms with van der Waals surface area (Å²) in [5, 5.41) is 2.96. The summed E-state index contributed by atoms with van der Waals surface area (Å²) in [6.07, 6.45) is 0.639. The molecule has 1 amide bonds. The van der Waals surface area contributed by atoms with Crippen LogP contribution in [0, 0.1) is 13.8 Å². The standard InChI is InChI=1S/C23H20N2O2/c1-15-8-9-16(2)19(12-15)23(26)24-18-10-11-21-20(14-18)25-22(27-21)13-17-6-4-3-5-7-17/h3-12,14H,13H2,1-2H3,(H,24,26). The van der Waals surface area contributed by atoms with Crippen LogP contribution in [0.2, 0.25) is 0 Å². The van der Waals surface area contributed by atoms with E-state index in [-0.39, 0.29) is 5.91 Å². The number of aryl methyl sites for hydroxylation is 2. The number of anilines is 1. The van der Waals surface area contributed by atoms with E-state index in [2.05, 4.69) is 10.3 Å². The van der Waals surface area contributed by atoms with Gasteiger partial charge in [0.25, 0.3) is 5.91 Å². The highest BCUT2D eigenvalue weighted by molar-refractivity contribution is 6.06. The lowest BCUT2D eigenvalue weighted by molar-refractivity contribution is 0.102. The first-order valence-corrected chi connectivity index (χ1v) is 8.90. The fourth-order valence-electron chi connectivity index (χ4n) is 3.08. The molecule has 1 N–H and O–H groups in total. The molecule has 1 aromatic heterocycles. The molecular formula is C23H20N2O2. The van der Waals surface area contributed by atoms with Gasteiger partial charge in [0.05, 0.1) is 0 Å². The quantitative estimate of drug-likeness (QED) is 0.541. The van der Waals surface area contributed by atoms with Crippen molar-refractivity contribution in [2.45, 2.75) is 20.3 Å². The van der Waals surface area contributed by atoms with E-state index in [1.807, 2.05) is 80.6 Å². The molecule has 4 aromatic rings. The third-order valence-corrected chi connectivity index (χ3v) is 4.53. The van der Waals surface area contributed by atoms with Gasteiger partial charge in [0.15, 0.2) is 11.5 Å². The molecule has 0 aliphatic heterocycles. The third kappa shape index (κ3) is 3.75. The number of carbonyl (C=O) groups is 1. The second kappa shape index (κ2) is 7.08. The molecule has 0 radical (unpaired) electrons. The van der Waals surface area contributed by atoms with Gasteiger partial charge in [0.1, 0.15) is 5.52 Å². The molecule has 1 heterocycles. The average Bonchev–Trinajstić information content (AvgIpc) is 3.06. The minimum Gasteiger partial charge on any atom is -0.440 e. The van der Waals surface area contributed by atoms with Crippen molar-refractivity contribution >= 4 is 22.7 Å². The maximum Gasteiger partial charge on any atom is 0.255 e. The molecule has 134 valence electrons. The maximum absolute atomic E-state index is 12.6. The summed E-state index contributed by atoms with van der Waals surface area (Å²) in [5.41, 5.74) is 5.99. The van der Waals surface area contributed by atoms with Crippen molar-refractivity contribution in [2.24, 2.45) is 0 Å². The van der Waals surface area contributed by atoms with Crippen LogP contribution in [-0.4, -0.2) is 10.9 Å². The normalized spacial score (nSPS) is 10.9. The van der Waals surface area contributed by atoms with E-state index in [0.717, 1.165) is 22.2 Å². The average molecular weight is 356 g/mol. The predicted molar refractivity (Wildman–Crippen MR) is 107 cm³/mol. The molecule has 4 nitrogen and oxygen atoms in total. The van der Waals surface area contributed by atoms with Gasteiger partial charge in [-0.15, -0.1) is 0 Å². The number of aromatic nitrogens is 1. The Morgan fingerprint density at radius 3 is 2.63 bits per heavy atom. The van der Waals surface area contributed by atoms with E-state index < -0.39 is 0 Å². The van der Waals surface area contributed by atoms with Gasteiger partial charge in [-0.1, -0.05) is 48.0 Å². The minimum absolute atomic E-state index is 0.122. The highest BCUT2D eigenvalue weighted by atomic mass is 16.3. The van der Waals surface area contributed by atoms with E-state index >= 15 is 0 Å². The fourth-order valence-corrected chi connectivity index (χ4v) is 3.08. The molecule has 0 bridgehead atoms. The van der Waals surface area contributed by atoms with Crippen LogP contribution in [0.5, 0.6) is 0 Å². The molecule has 4 rings (SSSR count). The van der Waals surface area contributed by atoms with Crippen LogP contribution in [0.15, 0.2) is 71.1 Å². The molecular weight excluding hydrogens is 336 g/mol. The Morgan fingerprint density at radius 1 is 1.00 bits per heavy atom. The van der Waals surface area contributed by atoms with Gasteiger partial charge in [-0.3, -0.25) is 4.79 Å². The van der Waals surface area contributed by atoms with E-state index in [1.54, 1.807) is 0 Å². The summed E-state index contributed by atoms with van der Waals surface area (Å²) < 4.78 is 5.83. The van der Waals surface area contributed by atoms with Crippen LogP contribution in [0.3, 0.4) is 0 Å². The first-order valence-electron chi connectivity index (χ1n) is 8.90. The first kappa shape index (κ1) is 17.0. The molecule has 3 aromatic carbocycles. The third-order valence-electron chi connectivity index (χ3n) is 4.53. The lowest BCUT2D eigenvalue weighted by Gasteiger charge is -2.08. The summed E-state index contributed by atoms with van der Waals surface area (Å²) >= 11 is 0. The van der Waals surface area contributed by atoms with Crippen molar-refractivity contribution in [1.82, 2.24) is 4.98 Å². The molecule has 0 atom stereocenters. The molecule has 0 fully saturated rings. The van der Waals surface area contributed by atoms with Gasteiger partial charge >= 0.3 is 0 Å². The maximum atomic E-state index is 12.6. The van der Waals surface area contributed by atoms with Gasteiger partial charge < -0.3 is 9.73 Å². The molecule has 0 saturated heterocycles. The predicted octanol–water partition coefficient (Wildman–Crippen LogP) is 5.29. The van der Waals surface area contributed by atoms with Gasteiger partial charge in [-0.25, -0.2) is 4.98 Å². The Balaban J connectivity index is 1.56. The second-order valence-electron chi connectivity index (χ2n) is 6.72. The number of oxazole rings is 1. The smallest absolute Gasteiger partial charge is 0.255 e. The van der Waals surface area contributed by atoms with Crippen LogP contribution < -0.4 is 5.32 Å². The Hall–Kier alpha value is -3.40. The number of fused-ring (bicyclic) bond motifs is 1. The van der Waals surface area contributed by atoms with Crippen LogP contribution in [0.1, 0.15) is 32.9 Å². The number of rotatable bonds is 4. The molecule has 0 aliphatic rings. The number of amides is 1. The van der Waals surface area contributed by atoms with E-state index in [4.69, 9.17) is 4.42 Å². The molecule has 0 saturated carbocycles. The molecule has 27 heavy (non-hydrogen) atoms. The first-order chi connectivity index (χ1) is 13.1. The summed E-state index contributed by atoms with van der Waals surface area (Å²) in [4.78, 5) is 17.2. The van der Waals surface area contributed by atoms with Gasteiger partial charge in [-0.05, 0) is 49.2 Å². The number of hydrogen-bond donors (Lipinski definition) is 1. The second-order valence-corrected chi connectivity index (χ2v) is 6.72. The van der Waals surface area contributed by atoms with Gasteiger partial charge in [-0.2, -0.15) is 0 Å². The summed E-state index contributed by atoms with van der Waals surface area (Å²) in [6.45, 7) is 3.91. The number of nitrogens with one attached hydrogen (secondary N) is 1. The Kier molecular flexibility index (Phi) is 4.47. The highest BCUT2D eigenvalue weighted by Gasteiger charge is 2.12. The minimum atomic E-state index is -0.122. The van der Waals surface area contributed by atoms with E-state index in [1.165, 1.54) is 0 Å². The largest absolute Gasteiger partial charge is 0.440 e. The van der Waals surface area contributed by atoms with Crippen molar-refractivity contribution in [3.63, 3.8) is 0 Å². The Labute approximate surface area is 157 Å². The Morgan fingerprint density at radius 2 is 1.81 bits per heavy atom. The number of hydrogen-bond acceptors (Lipinski definition) is 3. The topological polar surface area (TPSA) is 55.1 Å². The zero-order valence-electron chi connectivity index (χ0n) is 15.3. The van der Waals surface area contributed by atoms with Gasteiger partial charge in [0, 0.05) is 17.7 Å². The zero-order valence-corrected chi connectivity index (χ0v) is 15.3. The number of nitrogens with zero attached hydrogens (tertiary/aromatic N) is 1. The molecule has 4 heteroatoms. The van der Waals surface area contributed by atoms with Crippen LogP contribution >= 0.6 is 0 Å². The molecule has 0 unspecified atom stereocenters. The Bertz CT molecular complexity index is 1110. The van der Waals surface area contributed by atoms with Gasteiger partial charge in [0.2, 0.25) is 0 Å². The lowest BCUT2D eigenvalue weighted by Crippen LogP contribution is -2.13. The molecule has 0 aliphatic carbocycles. The van der Waals surface area contributed by atoms with Crippen molar-refractivity contribution in [3.8, 4) is 0 Å². The van der Waals surface area contributed by atoms with Crippen LogP contribution in [0.25, 0.3) is 11.1 Å². The highest BCUT2D eigenvalue weighted by Crippen LogP contribution is 2.22. The van der Waals surface area contributed by atoms with Crippen LogP contribution in [0.4, 0.5) is 5.69 Å². The number of benzene rings is 3. The van der Waals surface area contributed by atoms with Crippen molar-refractivity contribution in [1.29, 1.82) is 0 Å². The monoisotopic (exact) mass is 356 g/mol. The lowest BCUT2D eigenvalue weighted by atomic mass is 10.1. The zero-order chi connectivity index (χ0) is 18.8. The van der Waals surface area contributed by atoms with Crippen LogP contribution in [-0.2, 0) is 6.42 Å². The summed E-state index contributed by atoms with van der Waals surface area (Å²) in [5.74, 6) is 0.540.